The fourth-order valence-corrected chi connectivity index (χ4v) is 2.46. The Morgan fingerprint density at radius 2 is 2.18 bits per heavy atom. The van der Waals surface area contributed by atoms with E-state index < -0.39 is 0 Å². The van der Waals surface area contributed by atoms with Gasteiger partial charge in [0.1, 0.15) is 0 Å². The molecule has 1 saturated heterocycles. The summed E-state index contributed by atoms with van der Waals surface area (Å²) in [6, 6.07) is 4.34. The number of nitrogens with zero attached hydrogens (tertiary/aromatic N) is 2. The van der Waals surface area contributed by atoms with Gasteiger partial charge in [-0.15, -0.1) is 0 Å². The third kappa shape index (κ3) is 2.67. The fraction of sp³-hybridized carbons (Fsp3) is 0.643. The van der Waals surface area contributed by atoms with Gasteiger partial charge < -0.3 is 9.64 Å². The van der Waals surface area contributed by atoms with E-state index in [9.17, 15) is 0 Å². The summed E-state index contributed by atoms with van der Waals surface area (Å²) in [5, 5.41) is 0. The second-order valence-corrected chi connectivity index (χ2v) is 5.55. The summed E-state index contributed by atoms with van der Waals surface area (Å²) >= 11 is 0. The molecular formula is C14H22N2O. The normalized spacial score (nSPS) is 24.5. The summed E-state index contributed by atoms with van der Waals surface area (Å²) < 4.78 is 5.56. The minimum Gasteiger partial charge on any atom is -0.380 e. The van der Waals surface area contributed by atoms with E-state index in [-0.39, 0.29) is 5.41 Å². The van der Waals surface area contributed by atoms with Gasteiger partial charge in [-0.05, 0) is 39.1 Å². The molecule has 0 radical (unpaired) electrons. The highest BCUT2D eigenvalue weighted by molar-refractivity contribution is 5.31. The number of pyridine rings is 1. The lowest BCUT2D eigenvalue weighted by molar-refractivity contribution is 0.180. The number of hydrogen-bond acceptors (Lipinski definition) is 3. The molecule has 1 aromatic heterocycles. The number of aryl methyl sites for hydroxylation is 1. The molecule has 1 aliphatic heterocycles. The van der Waals surface area contributed by atoms with Crippen LogP contribution in [0.15, 0.2) is 12.1 Å². The van der Waals surface area contributed by atoms with E-state index in [2.05, 4.69) is 45.0 Å². The number of hydrogen-bond donors (Lipinski definition) is 0. The van der Waals surface area contributed by atoms with Crippen molar-refractivity contribution in [1.29, 1.82) is 0 Å². The smallest absolute Gasteiger partial charge is 0.0585 e. The number of aromatic nitrogens is 1. The molecule has 2 heterocycles. The summed E-state index contributed by atoms with van der Waals surface area (Å²) in [7, 11) is 4.17. The lowest BCUT2D eigenvalue weighted by Gasteiger charge is -2.26. The zero-order valence-corrected chi connectivity index (χ0v) is 11.3. The predicted octanol–water partition coefficient (Wildman–Crippen LogP) is 2.13. The molecular weight excluding hydrogens is 212 g/mol. The Kier molecular flexibility index (Phi) is 3.50. The molecule has 0 aromatic carbocycles. The molecule has 1 aliphatic rings. The summed E-state index contributed by atoms with van der Waals surface area (Å²) in [5.41, 5.74) is 3.79. The Labute approximate surface area is 104 Å². The van der Waals surface area contributed by atoms with Crippen molar-refractivity contribution in [3.05, 3.63) is 29.1 Å². The maximum atomic E-state index is 5.56. The Hall–Kier alpha value is -0.930. The second kappa shape index (κ2) is 4.75. The van der Waals surface area contributed by atoms with Crippen molar-refractivity contribution in [1.82, 2.24) is 9.88 Å². The molecule has 2 rings (SSSR count). The van der Waals surface area contributed by atoms with Gasteiger partial charge in [0.25, 0.3) is 0 Å². The van der Waals surface area contributed by atoms with Crippen LogP contribution in [0.3, 0.4) is 0 Å². The van der Waals surface area contributed by atoms with Crippen LogP contribution in [0.4, 0.5) is 0 Å². The van der Waals surface area contributed by atoms with Gasteiger partial charge in [-0.1, -0.05) is 13.0 Å². The van der Waals surface area contributed by atoms with Gasteiger partial charge in [0.2, 0.25) is 0 Å². The van der Waals surface area contributed by atoms with Gasteiger partial charge >= 0.3 is 0 Å². The highest BCUT2D eigenvalue weighted by Gasteiger charge is 2.34. The second-order valence-electron chi connectivity index (χ2n) is 5.55. The van der Waals surface area contributed by atoms with Crippen molar-refractivity contribution in [3.8, 4) is 0 Å². The average Bonchev–Trinajstić information content (AvgIpc) is 2.65. The van der Waals surface area contributed by atoms with Crippen LogP contribution in [-0.4, -0.2) is 37.2 Å². The minimum atomic E-state index is 0.145. The van der Waals surface area contributed by atoms with E-state index in [1.807, 2.05) is 0 Å². The third-order valence-electron chi connectivity index (χ3n) is 3.45. The molecule has 0 N–H and O–H groups in total. The summed E-state index contributed by atoms with van der Waals surface area (Å²) in [6.45, 7) is 6.92. The van der Waals surface area contributed by atoms with Gasteiger partial charge in [0, 0.05) is 24.3 Å². The van der Waals surface area contributed by atoms with Crippen molar-refractivity contribution < 1.29 is 4.74 Å². The van der Waals surface area contributed by atoms with Gasteiger partial charge in [-0.2, -0.15) is 0 Å². The first kappa shape index (κ1) is 12.5. The van der Waals surface area contributed by atoms with Crippen LogP contribution in [-0.2, 0) is 16.7 Å². The lowest BCUT2D eigenvalue weighted by atomic mass is 9.81. The van der Waals surface area contributed by atoms with Crippen LogP contribution in [0.1, 0.15) is 30.3 Å². The third-order valence-corrected chi connectivity index (χ3v) is 3.45. The van der Waals surface area contributed by atoms with Gasteiger partial charge in [0.15, 0.2) is 0 Å². The van der Waals surface area contributed by atoms with E-state index >= 15 is 0 Å². The first-order valence-electron chi connectivity index (χ1n) is 6.21. The van der Waals surface area contributed by atoms with Crippen LogP contribution in [0, 0.1) is 6.92 Å². The molecule has 94 valence electrons. The first-order valence-corrected chi connectivity index (χ1v) is 6.21. The molecule has 1 fully saturated rings. The van der Waals surface area contributed by atoms with Crippen LogP contribution in [0.2, 0.25) is 0 Å². The van der Waals surface area contributed by atoms with Crippen molar-refractivity contribution >= 4 is 0 Å². The summed E-state index contributed by atoms with van der Waals surface area (Å²) in [5.74, 6) is 0. The van der Waals surface area contributed by atoms with E-state index in [0.29, 0.717) is 0 Å². The van der Waals surface area contributed by atoms with Gasteiger partial charge in [-0.3, -0.25) is 4.98 Å². The molecule has 1 unspecified atom stereocenters. The first-order chi connectivity index (χ1) is 8.01. The quantitative estimate of drug-likeness (QED) is 0.801. The molecule has 1 aromatic rings. The standard InChI is InChI=1S/C14H22N2O/c1-11-5-6-12(13(15-11)9-16(3)4)14(2)7-8-17-10-14/h5-6H,7-10H2,1-4H3. The van der Waals surface area contributed by atoms with E-state index in [0.717, 1.165) is 31.9 Å². The van der Waals surface area contributed by atoms with Crippen LogP contribution < -0.4 is 0 Å². The molecule has 1 atom stereocenters. The fourth-order valence-electron chi connectivity index (χ4n) is 2.46. The average molecular weight is 234 g/mol. The Morgan fingerprint density at radius 1 is 1.41 bits per heavy atom. The number of ether oxygens (including phenoxy) is 1. The van der Waals surface area contributed by atoms with Gasteiger partial charge in [0.05, 0.1) is 12.3 Å². The Bertz CT molecular complexity index is 395. The molecule has 0 bridgehead atoms. The minimum absolute atomic E-state index is 0.145. The summed E-state index contributed by atoms with van der Waals surface area (Å²) in [6.07, 6.45) is 1.10. The molecule has 0 spiro atoms. The van der Waals surface area contributed by atoms with Crippen molar-refractivity contribution in [2.45, 2.75) is 32.2 Å². The zero-order chi connectivity index (χ0) is 12.5. The van der Waals surface area contributed by atoms with Crippen molar-refractivity contribution in [2.24, 2.45) is 0 Å². The van der Waals surface area contributed by atoms with E-state index in [4.69, 9.17) is 9.72 Å². The van der Waals surface area contributed by atoms with Crippen LogP contribution in [0.25, 0.3) is 0 Å². The highest BCUT2D eigenvalue weighted by atomic mass is 16.5. The molecule has 3 nitrogen and oxygen atoms in total. The molecule has 3 heteroatoms. The van der Waals surface area contributed by atoms with Crippen molar-refractivity contribution in [2.75, 3.05) is 27.3 Å². The SMILES string of the molecule is Cc1ccc(C2(C)CCOC2)c(CN(C)C)n1. The van der Waals surface area contributed by atoms with Crippen LogP contribution in [0.5, 0.6) is 0 Å². The topological polar surface area (TPSA) is 25.4 Å². The Balaban J connectivity index is 2.38. The monoisotopic (exact) mass is 234 g/mol. The van der Waals surface area contributed by atoms with E-state index in [1.165, 1.54) is 11.3 Å². The van der Waals surface area contributed by atoms with Crippen LogP contribution >= 0.6 is 0 Å². The number of rotatable bonds is 3. The molecule has 17 heavy (non-hydrogen) atoms. The predicted molar refractivity (Wildman–Crippen MR) is 69.2 cm³/mol. The van der Waals surface area contributed by atoms with Crippen molar-refractivity contribution in [3.63, 3.8) is 0 Å². The maximum Gasteiger partial charge on any atom is 0.0585 e. The highest BCUT2D eigenvalue weighted by Crippen LogP contribution is 2.34. The largest absolute Gasteiger partial charge is 0.380 e. The van der Waals surface area contributed by atoms with Gasteiger partial charge in [-0.25, -0.2) is 0 Å². The zero-order valence-electron chi connectivity index (χ0n) is 11.3. The summed E-state index contributed by atoms with van der Waals surface area (Å²) in [4.78, 5) is 6.88. The molecule has 0 amide bonds. The lowest BCUT2D eigenvalue weighted by Crippen LogP contribution is -2.26. The molecule has 0 aliphatic carbocycles. The Morgan fingerprint density at radius 3 is 2.76 bits per heavy atom. The molecule has 0 saturated carbocycles. The maximum absolute atomic E-state index is 5.56. The van der Waals surface area contributed by atoms with E-state index in [1.54, 1.807) is 0 Å².